The summed E-state index contributed by atoms with van der Waals surface area (Å²) in [7, 11) is -3.60. The molecular weight excluding hydrogens is 292 g/mol. The highest BCUT2D eigenvalue weighted by Gasteiger charge is 2.14. The van der Waals surface area contributed by atoms with Gasteiger partial charge in [0.05, 0.1) is 25.1 Å². The predicted octanol–water partition coefficient (Wildman–Crippen LogP) is 0.392. The molecule has 2 aromatic rings. The molecule has 0 aliphatic heterocycles. The SMILES string of the molecule is CCNc1ncc(S(=O)(=O)NCCn2cc(C)cn2)cn1. The second-order valence-corrected chi connectivity index (χ2v) is 6.22. The molecule has 0 fully saturated rings. The minimum absolute atomic E-state index is 0.0424. The van der Waals surface area contributed by atoms with Crippen molar-refractivity contribution >= 4 is 16.0 Å². The molecule has 8 nitrogen and oxygen atoms in total. The molecule has 0 aromatic carbocycles. The zero-order chi connectivity index (χ0) is 15.3. The summed E-state index contributed by atoms with van der Waals surface area (Å²) in [5, 5.41) is 6.99. The van der Waals surface area contributed by atoms with Gasteiger partial charge in [-0.2, -0.15) is 5.10 Å². The number of nitrogens with one attached hydrogen (secondary N) is 2. The van der Waals surface area contributed by atoms with Crippen molar-refractivity contribution in [2.45, 2.75) is 25.3 Å². The molecule has 9 heteroatoms. The maximum Gasteiger partial charge on any atom is 0.243 e. The number of anilines is 1. The second-order valence-electron chi connectivity index (χ2n) is 4.45. The third-order valence-electron chi connectivity index (χ3n) is 2.67. The summed E-state index contributed by atoms with van der Waals surface area (Å²) in [6, 6.07) is 0. The van der Waals surface area contributed by atoms with Gasteiger partial charge in [0, 0.05) is 19.3 Å². The maximum atomic E-state index is 12.1. The van der Waals surface area contributed by atoms with E-state index in [9.17, 15) is 8.42 Å². The van der Waals surface area contributed by atoms with E-state index in [1.165, 1.54) is 12.4 Å². The van der Waals surface area contributed by atoms with Crippen LogP contribution in [0.15, 0.2) is 29.7 Å². The lowest BCUT2D eigenvalue weighted by Gasteiger charge is -2.07. The van der Waals surface area contributed by atoms with E-state index in [1.807, 2.05) is 20.0 Å². The van der Waals surface area contributed by atoms with E-state index in [4.69, 9.17) is 0 Å². The molecule has 0 bridgehead atoms. The van der Waals surface area contributed by atoms with E-state index in [0.29, 0.717) is 19.0 Å². The van der Waals surface area contributed by atoms with E-state index < -0.39 is 10.0 Å². The molecule has 2 N–H and O–H groups in total. The summed E-state index contributed by atoms with van der Waals surface area (Å²) >= 11 is 0. The molecule has 114 valence electrons. The smallest absolute Gasteiger partial charge is 0.243 e. The van der Waals surface area contributed by atoms with Crippen LogP contribution in [0.2, 0.25) is 0 Å². The standard InChI is InChI=1S/C12H18N6O2S/c1-3-13-12-14-7-11(8-15-12)21(19,20)17-4-5-18-9-10(2)6-16-18/h6-9,17H,3-5H2,1-2H3,(H,13,14,15). The highest BCUT2D eigenvalue weighted by molar-refractivity contribution is 7.89. The molecule has 2 aromatic heterocycles. The number of hydrogen-bond donors (Lipinski definition) is 2. The van der Waals surface area contributed by atoms with Crippen molar-refractivity contribution in [2.75, 3.05) is 18.4 Å². The first kappa shape index (κ1) is 15.4. The first-order valence-corrected chi connectivity index (χ1v) is 8.04. The van der Waals surface area contributed by atoms with Crippen LogP contribution in [0, 0.1) is 6.92 Å². The van der Waals surface area contributed by atoms with Crippen LogP contribution >= 0.6 is 0 Å². The zero-order valence-corrected chi connectivity index (χ0v) is 12.8. The fourth-order valence-corrected chi connectivity index (χ4v) is 2.58. The van der Waals surface area contributed by atoms with Crippen molar-refractivity contribution in [3.8, 4) is 0 Å². The van der Waals surface area contributed by atoms with Crippen LogP contribution in [-0.4, -0.2) is 41.3 Å². The molecule has 0 saturated carbocycles. The largest absolute Gasteiger partial charge is 0.355 e. The Morgan fingerprint density at radius 1 is 1.24 bits per heavy atom. The summed E-state index contributed by atoms with van der Waals surface area (Å²) in [6.45, 7) is 5.22. The zero-order valence-electron chi connectivity index (χ0n) is 11.9. The summed E-state index contributed by atoms with van der Waals surface area (Å²) in [6.07, 6.45) is 6.14. The molecule has 0 aliphatic carbocycles. The van der Waals surface area contributed by atoms with Gasteiger partial charge < -0.3 is 5.32 Å². The normalized spacial score (nSPS) is 11.5. The summed E-state index contributed by atoms with van der Waals surface area (Å²) in [5.74, 6) is 0.406. The molecule has 0 aliphatic rings. The lowest BCUT2D eigenvalue weighted by molar-refractivity contribution is 0.560. The highest BCUT2D eigenvalue weighted by Crippen LogP contribution is 2.07. The monoisotopic (exact) mass is 310 g/mol. The van der Waals surface area contributed by atoms with Gasteiger partial charge in [0.15, 0.2) is 0 Å². The number of sulfonamides is 1. The first-order valence-electron chi connectivity index (χ1n) is 6.56. The lowest BCUT2D eigenvalue weighted by atomic mass is 10.4. The van der Waals surface area contributed by atoms with Gasteiger partial charge in [0.1, 0.15) is 4.90 Å². The molecule has 21 heavy (non-hydrogen) atoms. The van der Waals surface area contributed by atoms with Crippen LogP contribution in [0.1, 0.15) is 12.5 Å². The van der Waals surface area contributed by atoms with E-state index in [0.717, 1.165) is 5.56 Å². The van der Waals surface area contributed by atoms with Gasteiger partial charge in [-0.15, -0.1) is 0 Å². The first-order chi connectivity index (χ1) is 10.0. The van der Waals surface area contributed by atoms with E-state index in [-0.39, 0.29) is 11.4 Å². The predicted molar refractivity (Wildman–Crippen MR) is 78.3 cm³/mol. The Bertz CT molecular complexity index is 680. The molecule has 0 atom stereocenters. The average Bonchev–Trinajstić information content (AvgIpc) is 2.85. The van der Waals surface area contributed by atoms with Gasteiger partial charge in [-0.05, 0) is 19.4 Å². The second kappa shape index (κ2) is 6.64. The topological polar surface area (TPSA) is 102 Å². The molecular formula is C12H18N6O2S. The minimum Gasteiger partial charge on any atom is -0.355 e. The number of rotatable bonds is 7. The van der Waals surface area contributed by atoms with Gasteiger partial charge in [0.25, 0.3) is 0 Å². The van der Waals surface area contributed by atoms with Crippen molar-refractivity contribution < 1.29 is 8.42 Å². The van der Waals surface area contributed by atoms with Crippen LogP contribution in [-0.2, 0) is 16.6 Å². The van der Waals surface area contributed by atoms with Crippen molar-refractivity contribution in [3.63, 3.8) is 0 Å². The van der Waals surface area contributed by atoms with E-state index in [2.05, 4.69) is 25.1 Å². The fraction of sp³-hybridized carbons (Fsp3) is 0.417. The van der Waals surface area contributed by atoms with Gasteiger partial charge in [-0.1, -0.05) is 0 Å². The van der Waals surface area contributed by atoms with Gasteiger partial charge >= 0.3 is 0 Å². The molecule has 2 heterocycles. The molecule has 2 rings (SSSR count). The van der Waals surface area contributed by atoms with Crippen LogP contribution < -0.4 is 10.0 Å². The van der Waals surface area contributed by atoms with E-state index in [1.54, 1.807) is 10.9 Å². The minimum atomic E-state index is -3.60. The number of aryl methyl sites for hydroxylation is 1. The maximum absolute atomic E-state index is 12.1. The van der Waals surface area contributed by atoms with Crippen LogP contribution in [0.4, 0.5) is 5.95 Å². The molecule has 0 spiro atoms. The Balaban J connectivity index is 1.94. The number of nitrogens with zero attached hydrogens (tertiary/aromatic N) is 4. The van der Waals surface area contributed by atoms with Crippen molar-refractivity contribution in [1.82, 2.24) is 24.5 Å². The molecule has 0 saturated heterocycles. The Kier molecular flexibility index (Phi) is 4.86. The van der Waals surface area contributed by atoms with Gasteiger partial charge in [0.2, 0.25) is 16.0 Å². The average molecular weight is 310 g/mol. The Morgan fingerprint density at radius 2 is 1.95 bits per heavy atom. The van der Waals surface area contributed by atoms with Crippen molar-refractivity contribution in [3.05, 3.63) is 30.4 Å². The summed E-state index contributed by atoms with van der Waals surface area (Å²) < 4.78 is 28.3. The van der Waals surface area contributed by atoms with Gasteiger partial charge in [-0.25, -0.2) is 23.1 Å². The van der Waals surface area contributed by atoms with Crippen LogP contribution in [0.3, 0.4) is 0 Å². The van der Waals surface area contributed by atoms with E-state index >= 15 is 0 Å². The van der Waals surface area contributed by atoms with Gasteiger partial charge in [-0.3, -0.25) is 4.68 Å². The number of aromatic nitrogens is 4. The van der Waals surface area contributed by atoms with Crippen LogP contribution in [0.5, 0.6) is 0 Å². The highest BCUT2D eigenvalue weighted by atomic mass is 32.2. The quantitative estimate of drug-likeness (QED) is 0.767. The fourth-order valence-electron chi connectivity index (χ4n) is 1.67. The summed E-state index contributed by atoms with van der Waals surface area (Å²) in [4.78, 5) is 7.93. The lowest BCUT2D eigenvalue weighted by Crippen LogP contribution is -2.27. The Labute approximate surface area is 123 Å². The molecule has 0 amide bonds. The molecule has 0 unspecified atom stereocenters. The van der Waals surface area contributed by atoms with Crippen molar-refractivity contribution in [1.29, 1.82) is 0 Å². The van der Waals surface area contributed by atoms with Crippen LogP contribution in [0.25, 0.3) is 0 Å². The third kappa shape index (κ3) is 4.23. The van der Waals surface area contributed by atoms with Crippen molar-refractivity contribution in [2.24, 2.45) is 0 Å². The Hall–Kier alpha value is -2.00. The number of hydrogen-bond acceptors (Lipinski definition) is 6. The third-order valence-corrected chi connectivity index (χ3v) is 4.08. The Morgan fingerprint density at radius 3 is 2.52 bits per heavy atom. The summed E-state index contributed by atoms with van der Waals surface area (Å²) in [5.41, 5.74) is 1.03. The molecule has 0 radical (unpaired) electrons.